The second-order valence-electron chi connectivity index (χ2n) is 4.16. The topological polar surface area (TPSA) is 35.5 Å². The third-order valence-electron chi connectivity index (χ3n) is 2.80. The minimum atomic E-state index is 0.360. The van der Waals surface area contributed by atoms with E-state index in [-0.39, 0.29) is 0 Å². The number of hydrogen-bond donors (Lipinski definition) is 0. The summed E-state index contributed by atoms with van der Waals surface area (Å²) in [5, 5.41) is 0.676. The number of carbonyl (C=O) groups excluding carboxylic acids is 1. The van der Waals surface area contributed by atoms with E-state index in [0.29, 0.717) is 37.6 Å². The van der Waals surface area contributed by atoms with Crippen molar-refractivity contribution in [1.82, 2.24) is 0 Å². The first-order valence-electron chi connectivity index (χ1n) is 5.95. The molecular formula is C15H11Br2ClO3. The van der Waals surface area contributed by atoms with Crippen LogP contribution in [0.4, 0.5) is 0 Å². The van der Waals surface area contributed by atoms with Crippen molar-refractivity contribution in [2.45, 2.75) is 6.61 Å². The number of benzene rings is 2. The van der Waals surface area contributed by atoms with E-state index in [4.69, 9.17) is 21.1 Å². The Morgan fingerprint density at radius 2 is 1.86 bits per heavy atom. The van der Waals surface area contributed by atoms with Crippen LogP contribution < -0.4 is 9.47 Å². The molecule has 0 saturated carbocycles. The van der Waals surface area contributed by atoms with Gasteiger partial charge in [0, 0.05) is 15.1 Å². The summed E-state index contributed by atoms with van der Waals surface area (Å²) in [4.78, 5) is 11.0. The Labute approximate surface area is 144 Å². The normalized spacial score (nSPS) is 10.3. The fourth-order valence-electron chi connectivity index (χ4n) is 1.71. The van der Waals surface area contributed by atoms with Crippen molar-refractivity contribution in [3.8, 4) is 11.5 Å². The molecule has 0 radical (unpaired) electrons. The van der Waals surface area contributed by atoms with Gasteiger partial charge in [-0.3, -0.25) is 4.79 Å². The molecule has 0 aliphatic heterocycles. The van der Waals surface area contributed by atoms with Gasteiger partial charge in [0.2, 0.25) is 0 Å². The predicted molar refractivity (Wildman–Crippen MR) is 89.6 cm³/mol. The van der Waals surface area contributed by atoms with Gasteiger partial charge in [-0.25, -0.2) is 0 Å². The van der Waals surface area contributed by atoms with Crippen molar-refractivity contribution < 1.29 is 14.3 Å². The van der Waals surface area contributed by atoms with Crippen LogP contribution >= 0.6 is 43.5 Å². The Balaban J connectivity index is 2.28. The molecule has 21 heavy (non-hydrogen) atoms. The summed E-state index contributed by atoms with van der Waals surface area (Å²) in [6.45, 7) is 0.360. The average Bonchev–Trinajstić information content (AvgIpc) is 2.50. The highest BCUT2D eigenvalue weighted by atomic mass is 79.9. The molecule has 0 N–H and O–H groups in total. The summed E-state index contributed by atoms with van der Waals surface area (Å²) in [5.41, 5.74) is 1.46. The van der Waals surface area contributed by atoms with E-state index in [1.807, 2.05) is 12.1 Å². The van der Waals surface area contributed by atoms with Crippen LogP contribution in [-0.4, -0.2) is 13.4 Å². The largest absolute Gasteiger partial charge is 0.493 e. The van der Waals surface area contributed by atoms with Gasteiger partial charge in [0.05, 0.1) is 11.6 Å². The van der Waals surface area contributed by atoms with E-state index in [1.165, 1.54) is 7.11 Å². The highest BCUT2D eigenvalue weighted by Crippen LogP contribution is 2.42. The fourth-order valence-corrected chi connectivity index (χ4v) is 2.77. The molecule has 0 bridgehead atoms. The van der Waals surface area contributed by atoms with Gasteiger partial charge in [-0.1, -0.05) is 23.7 Å². The Morgan fingerprint density at radius 3 is 2.43 bits per heavy atom. The summed E-state index contributed by atoms with van der Waals surface area (Å²) >= 11 is 12.6. The fraction of sp³-hybridized carbons (Fsp3) is 0.133. The maximum atomic E-state index is 11.0. The van der Waals surface area contributed by atoms with Crippen molar-refractivity contribution >= 4 is 49.7 Å². The molecule has 0 aliphatic carbocycles. The van der Waals surface area contributed by atoms with Gasteiger partial charge in [0.15, 0.2) is 17.8 Å². The molecule has 0 aliphatic rings. The number of rotatable bonds is 5. The molecule has 0 spiro atoms. The van der Waals surface area contributed by atoms with Crippen LogP contribution in [0, 0.1) is 0 Å². The van der Waals surface area contributed by atoms with E-state index in [2.05, 4.69) is 31.9 Å². The molecule has 0 heterocycles. The lowest BCUT2D eigenvalue weighted by Crippen LogP contribution is -2.00. The smallest absolute Gasteiger partial charge is 0.177 e. The van der Waals surface area contributed by atoms with Crippen molar-refractivity contribution in [2.75, 3.05) is 7.11 Å². The van der Waals surface area contributed by atoms with Gasteiger partial charge >= 0.3 is 0 Å². The number of methoxy groups -OCH3 is 1. The zero-order valence-corrected chi connectivity index (χ0v) is 15.0. The third-order valence-corrected chi connectivity index (χ3v) is 5.19. The number of ether oxygens (including phenoxy) is 2. The summed E-state index contributed by atoms with van der Waals surface area (Å²) in [7, 11) is 1.53. The second-order valence-corrected chi connectivity index (χ2v) is 6.18. The molecule has 0 aromatic heterocycles. The molecular weight excluding hydrogens is 423 g/mol. The minimum Gasteiger partial charge on any atom is -0.493 e. The van der Waals surface area contributed by atoms with Crippen molar-refractivity contribution in [3.05, 3.63) is 55.4 Å². The highest BCUT2D eigenvalue weighted by Gasteiger charge is 2.16. The molecule has 0 atom stereocenters. The molecule has 0 amide bonds. The molecule has 2 rings (SSSR count). The van der Waals surface area contributed by atoms with Crippen LogP contribution in [0.3, 0.4) is 0 Å². The molecule has 0 unspecified atom stereocenters. The number of halogens is 3. The Morgan fingerprint density at radius 1 is 1.19 bits per heavy atom. The Bertz CT molecular complexity index is 657. The van der Waals surface area contributed by atoms with Gasteiger partial charge in [-0.2, -0.15) is 0 Å². The highest BCUT2D eigenvalue weighted by molar-refractivity contribution is 9.13. The first-order valence-corrected chi connectivity index (χ1v) is 7.91. The molecule has 3 nitrogen and oxygen atoms in total. The van der Waals surface area contributed by atoms with Crippen LogP contribution in [0.2, 0.25) is 5.02 Å². The van der Waals surface area contributed by atoms with E-state index < -0.39 is 0 Å². The van der Waals surface area contributed by atoms with Crippen LogP contribution in [0.25, 0.3) is 0 Å². The zero-order valence-electron chi connectivity index (χ0n) is 11.0. The second kappa shape index (κ2) is 7.29. The monoisotopic (exact) mass is 432 g/mol. The molecule has 2 aromatic rings. The van der Waals surface area contributed by atoms with Gasteiger partial charge in [-0.15, -0.1) is 0 Å². The number of hydrogen-bond acceptors (Lipinski definition) is 3. The van der Waals surface area contributed by atoms with Gasteiger partial charge in [-0.05, 0) is 55.6 Å². The van der Waals surface area contributed by atoms with Crippen LogP contribution in [0.5, 0.6) is 11.5 Å². The summed E-state index contributed by atoms with van der Waals surface area (Å²) in [6.07, 6.45) is 0.750. The number of aldehydes is 1. The molecule has 0 saturated heterocycles. The maximum Gasteiger partial charge on any atom is 0.177 e. The minimum absolute atomic E-state index is 0.360. The predicted octanol–water partition coefficient (Wildman–Crippen LogP) is 5.27. The van der Waals surface area contributed by atoms with E-state index in [9.17, 15) is 4.79 Å². The first-order chi connectivity index (χ1) is 10.1. The first kappa shape index (κ1) is 16.3. The van der Waals surface area contributed by atoms with Gasteiger partial charge in [0.1, 0.15) is 6.61 Å². The van der Waals surface area contributed by atoms with E-state index in [0.717, 1.165) is 11.8 Å². The Kier molecular flexibility index (Phi) is 5.67. The van der Waals surface area contributed by atoms with Crippen LogP contribution in [-0.2, 0) is 6.61 Å². The lowest BCUT2D eigenvalue weighted by atomic mass is 10.2. The molecule has 110 valence electrons. The lowest BCUT2D eigenvalue weighted by molar-refractivity contribution is 0.112. The SMILES string of the molecule is COc1cc(C=O)c(Br)c(Br)c1OCc1ccc(Cl)cc1. The van der Waals surface area contributed by atoms with Crippen molar-refractivity contribution in [2.24, 2.45) is 0 Å². The Hall–Kier alpha value is -1.04. The quantitative estimate of drug-likeness (QED) is 0.602. The van der Waals surface area contributed by atoms with Gasteiger partial charge in [0.25, 0.3) is 0 Å². The van der Waals surface area contributed by atoms with Gasteiger partial charge < -0.3 is 9.47 Å². The average molecular weight is 435 g/mol. The summed E-state index contributed by atoms with van der Waals surface area (Å²) in [5.74, 6) is 1.02. The van der Waals surface area contributed by atoms with Crippen molar-refractivity contribution in [1.29, 1.82) is 0 Å². The van der Waals surface area contributed by atoms with Crippen LogP contribution in [0.1, 0.15) is 15.9 Å². The van der Waals surface area contributed by atoms with E-state index in [1.54, 1.807) is 18.2 Å². The zero-order chi connectivity index (χ0) is 15.4. The summed E-state index contributed by atoms with van der Waals surface area (Å²) in [6, 6.07) is 9.00. The van der Waals surface area contributed by atoms with E-state index >= 15 is 0 Å². The molecule has 2 aromatic carbocycles. The maximum absolute atomic E-state index is 11.0. The summed E-state index contributed by atoms with van der Waals surface area (Å²) < 4.78 is 12.3. The van der Waals surface area contributed by atoms with Crippen LogP contribution in [0.15, 0.2) is 39.3 Å². The third kappa shape index (κ3) is 3.78. The molecule has 0 fully saturated rings. The number of carbonyl (C=O) groups is 1. The lowest BCUT2D eigenvalue weighted by Gasteiger charge is -2.15. The standard InChI is InChI=1S/C15H11Br2ClO3/c1-20-12-6-10(7-19)13(16)14(17)15(12)21-8-9-2-4-11(18)5-3-9/h2-7H,8H2,1H3. The van der Waals surface area contributed by atoms with Crippen molar-refractivity contribution in [3.63, 3.8) is 0 Å². The molecule has 6 heteroatoms.